The molecule has 2 atom stereocenters. The quantitative estimate of drug-likeness (QED) is 0.655. The Labute approximate surface area is 156 Å². The molecule has 3 amide bonds. The number of carbonyl (C=O) groups is 3. The van der Waals surface area contributed by atoms with E-state index in [2.05, 4.69) is 15.6 Å². The molecule has 0 radical (unpaired) electrons. The number of carbonyl (C=O) groups excluding carboxylic acids is 3. The summed E-state index contributed by atoms with van der Waals surface area (Å²) in [5, 5.41) is 7.47. The third-order valence-electron chi connectivity index (χ3n) is 3.99. The summed E-state index contributed by atoms with van der Waals surface area (Å²) in [5.41, 5.74) is 6.40. The molecule has 0 spiro atoms. The number of hydrogen-bond acceptors (Lipinski definition) is 5. The first kappa shape index (κ1) is 19.6. The molecule has 0 fully saturated rings. The number of hydrogen-bond donors (Lipinski definition) is 3. The van der Waals surface area contributed by atoms with Gasteiger partial charge in [0.05, 0.1) is 12.1 Å². The Balaban J connectivity index is 1.94. The number of rotatable bonds is 8. The maximum Gasteiger partial charge on any atom is 0.257 e. The molecule has 7 nitrogen and oxygen atoms in total. The maximum absolute atomic E-state index is 12.2. The van der Waals surface area contributed by atoms with Gasteiger partial charge in [-0.2, -0.15) is 0 Å². The van der Waals surface area contributed by atoms with Gasteiger partial charge in [0.2, 0.25) is 11.8 Å². The van der Waals surface area contributed by atoms with Crippen LogP contribution in [0.2, 0.25) is 0 Å². The first-order valence-electron chi connectivity index (χ1n) is 8.30. The Hall–Kier alpha value is -2.74. The van der Waals surface area contributed by atoms with E-state index in [-0.39, 0.29) is 24.2 Å². The molecular formula is C18H22N4O3S. The average Bonchev–Trinajstić information content (AvgIpc) is 3.06. The van der Waals surface area contributed by atoms with Crippen LogP contribution in [0, 0.1) is 5.92 Å². The molecule has 1 aromatic heterocycles. The van der Waals surface area contributed by atoms with Gasteiger partial charge in [0.25, 0.3) is 5.91 Å². The summed E-state index contributed by atoms with van der Waals surface area (Å²) >= 11 is 1.24. The van der Waals surface area contributed by atoms with Crippen LogP contribution in [-0.4, -0.2) is 28.7 Å². The van der Waals surface area contributed by atoms with Crippen LogP contribution in [0.4, 0.5) is 5.13 Å². The van der Waals surface area contributed by atoms with E-state index in [9.17, 15) is 14.4 Å². The van der Waals surface area contributed by atoms with Crippen molar-refractivity contribution in [2.75, 3.05) is 5.32 Å². The van der Waals surface area contributed by atoms with Crippen LogP contribution in [-0.2, 0) is 16.0 Å². The van der Waals surface area contributed by atoms with Crippen molar-refractivity contribution in [3.8, 4) is 0 Å². The Morgan fingerprint density at radius 3 is 2.54 bits per heavy atom. The molecule has 2 unspecified atom stereocenters. The van der Waals surface area contributed by atoms with Crippen molar-refractivity contribution in [1.82, 2.24) is 10.3 Å². The van der Waals surface area contributed by atoms with Crippen LogP contribution in [0.5, 0.6) is 0 Å². The Morgan fingerprint density at radius 1 is 1.23 bits per heavy atom. The molecule has 0 saturated carbocycles. The van der Waals surface area contributed by atoms with E-state index in [4.69, 9.17) is 5.73 Å². The minimum absolute atomic E-state index is 0.0118. The van der Waals surface area contributed by atoms with E-state index in [1.54, 1.807) is 29.6 Å². The van der Waals surface area contributed by atoms with E-state index in [1.807, 2.05) is 19.9 Å². The normalized spacial score (nSPS) is 12.8. The molecule has 0 aliphatic heterocycles. The molecule has 0 aliphatic rings. The Kier molecular flexibility index (Phi) is 6.85. The number of anilines is 1. The summed E-state index contributed by atoms with van der Waals surface area (Å²) in [4.78, 5) is 40.0. The van der Waals surface area contributed by atoms with Crippen molar-refractivity contribution >= 4 is 34.2 Å². The van der Waals surface area contributed by atoms with E-state index in [1.165, 1.54) is 11.3 Å². The largest absolute Gasteiger partial charge is 0.368 e. The van der Waals surface area contributed by atoms with Crippen LogP contribution in [0.3, 0.4) is 0 Å². The number of thiazole rings is 1. The molecule has 0 aliphatic carbocycles. The van der Waals surface area contributed by atoms with E-state index in [0.717, 1.165) is 6.42 Å². The zero-order valence-electron chi connectivity index (χ0n) is 14.7. The summed E-state index contributed by atoms with van der Waals surface area (Å²) in [6, 6.07) is 8.09. The summed E-state index contributed by atoms with van der Waals surface area (Å²) < 4.78 is 0. The van der Waals surface area contributed by atoms with Crippen LogP contribution in [0.1, 0.15) is 36.3 Å². The highest BCUT2D eigenvalue weighted by Crippen LogP contribution is 2.17. The second-order valence-electron chi connectivity index (χ2n) is 5.97. The van der Waals surface area contributed by atoms with Gasteiger partial charge in [-0.1, -0.05) is 38.5 Å². The molecule has 1 heterocycles. The molecule has 26 heavy (non-hydrogen) atoms. The van der Waals surface area contributed by atoms with Gasteiger partial charge in [-0.25, -0.2) is 4.98 Å². The van der Waals surface area contributed by atoms with Crippen LogP contribution in [0.25, 0.3) is 0 Å². The molecule has 2 rings (SSSR count). The molecule has 4 N–H and O–H groups in total. The van der Waals surface area contributed by atoms with Crippen molar-refractivity contribution in [1.29, 1.82) is 0 Å². The highest BCUT2D eigenvalue weighted by Gasteiger charge is 2.23. The topological polar surface area (TPSA) is 114 Å². The fourth-order valence-electron chi connectivity index (χ4n) is 2.32. The Morgan fingerprint density at radius 2 is 1.92 bits per heavy atom. The zero-order valence-corrected chi connectivity index (χ0v) is 15.5. The van der Waals surface area contributed by atoms with Crippen LogP contribution in [0.15, 0.2) is 35.7 Å². The first-order valence-corrected chi connectivity index (χ1v) is 9.18. The van der Waals surface area contributed by atoms with E-state index < -0.39 is 11.9 Å². The van der Waals surface area contributed by atoms with E-state index >= 15 is 0 Å². The summed E-state index contributed by atoms with van der Waals surface area (Å²) in [6.07, 6.45) is 0.734. The lowest BCUT2D eigenvalue weighted by atomic mass is 9.98. The van der Waals surface area contributed by atoms with Gasteiger partial charge >= 0.3 is 0 Å². The second kappa shape index (κ2) is 9.10. The number of nitrogens with zero attached hydrogens (tertiary/aromatic N) is 1. The van der Waals surface area contributed by atoms with Crippen molar-refractivity contribution in [2.45, 2.75) is 32.7 Å². The van der Waals surface area contributed by atoms with Crippen LogP contribution < -0.4 is 16.4 Å². The molecule has 2 aromatic rings. The SMILES string of the molecule is CCC(C)C(NC(=O)Cc1csc(NC(=O)c2ccccc2)n1)C(N)=O. The van der Waals surface area contributed by atoms with Gasteiger partial charge in [-0.3, -0.25) is 19.7 Å². The summed E-state index contributed by atoms with van der Waals surface area (Å²) in [5.74, 6) is -1.20. The third-order valence-corrected chi connectivity index (χ3v) is 4.79. The van der Waals surface area contributed by atoms with Gasteiger partial charge < -0.3 is 11.1 Å². The maximum atomic E-state index is 12.2. The number of amides is 3. The first-order chi connectivity index (χ1) is 12.4. The highest BCUT2D eigenvalue weighted by molar-refractivity contribution is 7.14. The molecule has 8 heteroatoms. The van der Waals surface area contributed by atoms with Crippen molar-refractivity contribution in [3.63, 3.8) is 0 Å². The smallest absolute Gasteiger partial charge is 0.257 e. The van der Waals surface area contributed by atoms with Gasteiger partial charge in [0, 0.05) is 10.9 Å². The van der Waals surface area contributed by atoms with Gasteiger partial charge in [0.1, 0.15) is 6.04 Å². The number of nitrogens with one attached hydrogen (secondary N) is 2. The molecule has 138 valence electrons. The summed E-state index contributed by atoms with van der Waals surface area (Å²) in [6.45, 7) is 3.78. The fraction of sp³-hybridized carbons (Fsp3) is 0.333. The fourth-order valence-corrected chi connectivity index (χ4v) is 3.03. The molecule has 0 bridgehead atoms. The minimum atomic E-state index is -0.705. The average molecular weight is 374 g/mol. The minimum Gasteiger partial charge on any atom is -0.368 e. The van der Waals surface area contributed by atoms with Gasteiger partial charge in [-0.15, -0.1) is 11.3 Å². The second-order valence-corrected chi connectivity index (χ2v) is 6.83. The Bertz CT molecular complexity index is 776. The third kappa shape index (κ3) is 5.38. The number of benzene rings is 1. The van der Waals surface area contributed by atoms with Crippen LogP contribution >= 0.6 is 11.3 Å². The van der Waals surface area contributed by atoms with Crippen molar-refractivity contribution in [3.05, 3.63) is 47.0 Å². The zero-order chi connectivity index (χ0) is 19.1. The lowest BCUT2D eigenvalue weighted by Gasteiger charge is -2.20. The number of aromatic nitrogens is 1. The summed E-state index contributed by atoms with van der Waals surface area (Å²) in [7, 11) is 0. The van der Waals surface area contributed by atoms with Gasteiger partial charge in [-0.05, 0) is 18.1 Å². The molecule has 1 aromatic carbocycles. The van der Waals surface area contributed by atoms with Gasteiger partial charge in [0.15, 0.2) is 5.13 Å². The van der Waals surface area contributed by atoms with Crippen molar-refractivity contribution < 1.29 is 14.4 Å². The lowest BCUT2D eigenvalue weighted by molar-refractivity contribution is -0.128. The standard InChI is InChI=1S/C18H22N4O3S/c1-3-11(2)15(16(19)24)21-14(23)9-13-10-26-18(20-13)22-17(25)12-7-5-4-6-8-12/h4-8,10-11,15H,3,9H2,1-2H3,(H2,19,24)(H,21,23)(H,20,22,25). The monoisotopic (exact) mass is 374 g/mol. The number of primary amides is 1. The molecular weight excluding hydrogens is 352 g/mol. The van der Waals surface area contributed by atoms with Crippen molar-refractivity contribution in [2.24, 2.45) is 11.7 Å². The number of nitrogens with two attached hydrogens (primary N) is 1. The predicted molar refractivity (Wildman–Crippen MR) is 101 cm³/mol. The lowest BCUT2D eigenvalue weighted by Crippen LogP contribution is -2.48. The molecule has 0 saturated heterocycles. The van der Waals surface area contributed by atoms with E-state index in [0.29, 0.717) is 16.4 Å². The highest BCUT2D eigenvalue weighted by atomic mass is 32.1. The predicted octanol–water partition coefficient (Wildman–Crippen LogP) is 1.95.